The first-order valence-corrected chi connectivity index (χ1v) is 8.29. The van der Waals surface area contributed by atoms with Gasteiger partial charge in [-0.25, -0.2) is 9.07 Å². The molecule has 0 aliphatic rings. The molecule has 1 N–H and O–H groups in total. The molecule has 0 aliphatic heterocycles. The van der Waals surface area contributed by atoms with Crippen LogP contribution in [0.3, 0.4) is 0 Å². The van der Waals surface area contributed by atoms with Gasteiger partial charge in [-0.15, -0.1) is 0 Å². The molecule has 2 aromatic carbocycles. The lowest BCUT2D eigenvalue weighted by Crippen LogP contribution is -2.15. The van der Waals surface area contributed by atoms with E-state index < -0.39 is 0 Å². The lowest BCUT2D eigenvalue weighted by Gasteiger charge is -2.13. The maximum Gasteiger partial charge on any atom is 0.259 e. The minimum atomic E-state index is -0.317. The number of ether oxygens (including phenoxy) is 1. The van der Waals surface area contributed by atoms with Crippen molar-refractivity contribution in [3.05, 3.63) is 71.8 Å². The molecule has 3 rings (SSSR count). The van der Waals surface area contributed by atoms with Crippen LogP contribution in [-0.2, 0) is 0 Å². The highest BCUT2D eigenvalue weighted by atomic mass is 19.1. The first kappa shape index (κ1) is 17.7. The SMILES string of the molecule is COc1cccc(NC(=O)c2cnn(-c3ccc(F)cc3)c2C(C)C)c1. The summed E-state index contributed by atoms with van der Waals surface area (Å²) in [5.74, 6) is 0.140. The Morgan fingerprint density at radius 2 is 1.92 bits per heavy atom. The molecule has 0 atom stereocenters. The van der Waals surface area contributed by atoms with Gasteiger partial charge < -0.3 is 10.1 Å². The zero-order valence-electron chi connectivity index (χ0n) is 14.9. The zero-order valence-corrected chi connectivity index (χ0v) is 14.9. The summed E-state index contributed by atoms with van der Waals surface area (Å²) in [6, 6.07) is 13.2. The lowest BCUT2D eigenvalue weighted by atomic mass is 10.0. The van der Waals surface area contributed by atoms with Crippen molar-refractivity contribution in [3.8, 4) is 11.4 Å². The summed E-state index contributed by atoms with van der Waals surface area (Å²) >= 11 is 0. The van der Waals surface area contributed by atoms with E-state index in [0.717, 1.165) is 5.69 Å². The van der Waals surface area contributed by atoms with Gasteiger partial charge in [-0.05, 0) is 42.3 Å². The highest BCUT2D eigenvalue weighted by Gasteiger charge is 2.21. The van der Waals surface area contributed by atoms with Crippen LogP contribution in [0, 0.1) is 5.82 Å². The Kier molecular flexibility index (Phi) is 5.02. The molecular weight excluding hydrogens is 333 g/mol. The third-order valence-electron chi connectivity index (χ3n) is 4.00. The van der Waals surface area contributed by atoms with Crippen LogP contribution in [0.25, 0.3) is 5.69 Å². The van der Waals surface area contributed by atoms with Gasteiger partial charge in [-0.2, -0.15) is 5.10 Å². The van der Waals surface area contributed by atoms with E-state index in [9.17, 15) is 9.18 Å². The number of aromatic nitrogens is 2. The van der Waals surface area contributed by atoms with Crippen molar-refractivity contribution in [3.63, 3.8) is 0 Å². The van der Waals surface area contributed by atoms with E-state index in [2.05, 4.69) is 10.4 Å². The number of anilines is 1. The number of carbonyl (C=O) groups is 1. The normalized spacial score (nSPS) is 10.8. The van der Waals surface area contributed by atoms with E-state index >= 15 is 0 Å². The smallest absolute Gasteiger partial charge is 0.259 e. The number of hydrogen-bond donors (Lipinski definition) is 1. The van der Waals surface area contributed by atoms with E-state index in [1.165, 1.54) is 18.3 Å². The predicted octanol–water partition coefficient (Wildman–Crippen LogP) is 4.40. The molecule has 0 aliphatic carbocycles. The van der Waals surface area contributed by atoms with Crippen LogP contribution >= 0.6 is 0 Å². The number of hydrogen-bond acceptors (Lipinski definition) is 3. The summed E-state index contributed by atoms with van der Waals surface area (Å²) in [6.07, 6.45) is 1.54. The van der Waals surface area contributed by atoms with Gasteiger partial charge in [0.2, 0.25) is 0 Å². The molecule has 0 fully saturated rings. The van der Waals surface area contributed by atoms with Crippen LogP contribution in [0.5, 0.6) is 5.75 Å². The van der Waals surface area contributed by atoms with Crippen LogP contribution in [0.4, 0.5) is 10.1 Å². The Bertz CT molecular complexity index is 917. The van der Waals surface area contributed by atoms with Gasteiger partial charge in [0.25, 0.3) is 5.91 Å². The van der Waals surface area contributed by atoms with Gasteiger partial charge in [-0.3, -0.25) is 4.79 Å². The molecule has 3 aromatic rings. The predicted molar refractivity (Wildman–Crippen MR) is 98.6 cm³/mol. The van der Waals surface area contributed by atoms with E-state index in [4.69, 9.17) is 4.74 Å². The molecule has 1 aromatic heterocycles. The summed E-state index contributed by atoms with van der Waals surface area (Å²) in [7, 11) is 1.57. The molecule has 1 heterocycles. The number of benzene rings is 2. The number of carbonyl (C=O) groups excluding carboxylic acids is 1. The summed E-state index contributed by atoms with van der Waals surface area (Å²) in [5.41, 5.74) is 2.58. The average molecular weight is 353 g/mol. The topological polar surface area (TPSA) is 56.1 Å². The van der Waals surface area contributed by atoms with Crippen molar-refractivity contribution < 1.29 is 13.9 Å². The van der Waals surface area contributed by atoms with Crippen molar-refractivity contribution in [2.75, 3.05) is 12.4 Å². The van der Waals surface area contributed by atoms with Gasteiger partial charge in [0.1, 0.15) is 11.6 Å². The Hall–Kier alpha value is -3.15. The van der Waals surface area contributed by atoms with Gasteiger partial charge in [0.15, 0.2) is 0 Å². The van der Waals surface area contributed by atoms with Crippen LogP contribution in [0.15, 0.2) is 54.7 Å². The maximum atomic E-state index is 13.2. The third-order valence-corrected chi connectivity index (χ3v) is 4.00. The monoisotopic (exact) mass is 353 g/mol. The number of rotatable bonds is 5. The molecule has 0 bridgehead atoms. The first-order valence-electron chi connectivity index (χ1n) is 8.29. The molecule has 6 heteroatoms. The Labute approximate surface area is 151 Å². The van der Waals surface area contributed by atoms with Gasteiger partial charge in [0, 0.05) is 11.8 Å². The molecule has 0 spiro atoms. The van der Waals surface area contributed by atoms with Crippen molar-refractivity contribution in [1.29, 1.82) is 0 Å². The van der Waals surface area contributed by atoms with Gasteiger partial charge >= 0.3 is 0 Å². The minimum absolute atomic E-state index is 0.0496. The number of nitrogens with zero attached hydrogens (tertiary/aromatic N) is 2. The van der Waals surface area contributed by atoms with Gasteiger partial charge in [-0.1, -0.05) is 19.9 Å². The van der Waals surface area contributed by atoms with Crippen LogP contribution in [0.2, 0.25) is 0 Å². The third kappa shape index (κ3) is 3.59. The van der Waals surface area contributed by atoms with Crippen LogP contribution in [-0.4, -0.2) is 22.8 Å². The Morgan fingerprint density at radius 3 is 2.58 bits per heavy atom. The molecular formula is C20H20FN3O2. The zero-order chi connectivity index (χ0) is 18.7. The number of nitrogens with one attached hydrogen (secondary N) is 1. The fraction of sp³-hybridized carbons (Fsp3) is 0.200. The molecule has 1 amide bonds. The Morgan fingerprint density at radius 1 is 1.19 bits per heavy atom. The van der Waals surface area contributed by atoms with E-state index in [-0.39, 0.29) is 17.6 Å². The van der Waals surface area contributed by atoms with Gasteiger partial charge in [0.05, 0.1) is 30.3 Å². The number of methoxy groups -OCH3 is 1. The number of amides is 1. The second-order valence-corrected chi connectivity index (χ2v) is 6.17. The molecule has 0 radical (unpaired) electrons. The fourth-order valence-corrected chi connectivity index (χ4v) is 2.78. The van der Waals surface area contributed by atoms with Crippen molar-refractivity contribution in [2.45, 2.75) is 19.8 Å². The largest absolute Gasteiger partial charge is 0.497 e. The fourth-order valence-electron chi connectivity index (χ4n) is 2.78. The highest BCUT2D eigenvalue weighted by Crippen LogP contribution is 2.25. The van der Waals surface area contributed by atoms with Crippen LogP contribution < -0.4 is 10.1 Å². The first-order chi connectivity index (χ1) is 12.5. The molecule has 26 heavy (non-hydrogen) atoms. The summed E-state index contributed by atoms with van der Waals surface area (Å²) < 4.78 is 20.0. The maximum absolute atomic E-state index is 13.2. The summed E-state index contributed by atoms with van der Waals surface area (Å²) in [4.78, 5) is 12.8. The quantitative estimate of drug-likeness (QED) is 0.740. The van der Waals surface area contributed by atoms with Crippen molar-refractivity contribution in [1.82, 2.24) is 9.78 Å². The standard InChI is InChI=1S/C20H20FN3O2/c1-13(2)19-18(12-22-24(19)16-9-7-14(21)8-10-16)20(25)23-15-5-4-6-17(11-15)26-3/h4-13H,1-3H3,(H,23,25). The van der Waals surface area contributed by atoms with E-state index in [1.54, 1.807) is 42.1 Å². The molecule has 0 saturated heterocycles. The summed E-state index contributed by atoms with van der Waals surface area (Å²) in [6.45, 7) is 3.97. The van der Waals surface area contributed by atoms with Crippen molar-refractivity contribution >= 4 is 11.6 Å². The second-order valence-electron chi connectivity index (χ2n) is 6.17. The molecule has 0 unspecified atom stereocenters. The van der Waals surface area contributed by atoms with E-state index in [1.807, 2.05) is 19.9 Å². The minimum Gasteiger partial charge on any atom is -0.497 e. The van der Waals surface area contributed by atoms with E-state index in [0.29, 0.717) is 22.7 Å². The Balaban J connectivity index is 1.94. The molecule has 134 valence electrons. The number of halogens is 1. The lowest BCUT2D eigenvalue weighted by molar-refractivity contribution is 0.102. The highest BCUT2D eigenvalue weighted by molar-refractivity contribution is 6.05. The summed E-state index contributed by atoms with van der Waals surface area (Å²) in [5, 5.41) is 7.21. The van der Waals surface area contributed by atoms with Crippen molar-refractivity contribution in [2.24, 2.45) is 0 Å². The second kappa shape index (κ2) is 7.39. The average Bonchev–Trinajstić information content (AvgIpc) is 3.08. The van der Waals surface area contributed by atoms with Crippen LogP contribution in [0.1, 0.15) is 35.8 Å². The molecule has 5 nitrogen and oxygen atoms in total. The molecule has 0 saturated carbocycles.